The lowest BCUT2D eigenvalue weighted by Gasteiger charge is -2.13. The first-order valence-electron chi connectivity index (χ1n) is 5.79. The summed E-state index contributed by atoms with van der Waals surface area (Å²) in [6, 6.07) is 4.46. The summed E-state index contributed by atoms with van der Waals surface area (Å²) >= 11 is 5.91. The molecule has 1 aliphatic rings. The Morgan fingerprint density at radius 1 is 1.40 bits per heavy atom. The first kappa shape index (κ1) is 15.4. The molecule has 0 bridgehead atoms. The first-order chi connectivity index (χ1) is 9.23. The smallest absolute Gasteiger partial charge is 0.236 e. The number of sulfone groups is 1. The van der Waals surface area contributed by atoms with Gasteiger partial charge in [-0.2, -0.15) is 0 Å². The van der Waals surface area contributed by atoms with Crippen LogP contribution in [0.1, 0.15) is 6.42 Å². The number of hydrogen-bond acceptors (Lipinski definition) is 5. The first-order valence-corrected chi connectivity index (χ1v) is 9.54. The molecule has 1 saturated heterocycles. The molecule has 0 spiro atoms. The lowest BCUT2D eigenvalue weighted by atomic mass is 10.3. The number of sulfonamides is 1. The van der Waals surface area contributed by atoms with Crippen LogP contribution in [0.15, 0.2) is 18.2 Å². The van der Waals surface area contributed by atoms with E-state index in [9.17, 15) is 16.8 Å². The molecule has 0 aliphatic carbocycles. The number of nitrogens with one attached hydrogen (secondary N) is 1. The Labute approximate surface area is 123 Å². The molecule has 0 unspecified atom stereocenters. The molecule has 0 aromatic heterocycles. The zero-order chi connectivity index (χ0) is 15.0. The summed E-state index contributed by atoms with van der Waals surface area (Å²) in [5.41, 5.74) is 0.278. The third-order valence-electron chi connectivity index (χ3n) is 3.04. The quantitative estimate of drug-likeness (QED) is 0.892. The van der Waals surface area contributed by atoms with E-state index < -0.39 is 25.1 Å². The molecule has 1 aromatic carbocycles. The van der Waals surface area contributed by atoms with Crippen molar-refractivity contribution in [1.82, 2.24) is 0 Å². The molecule has 1 heterocycles. The third-order valence-corrected chi connectivity index (χ3v) is 7.12. The van der Waals surface area contributed by atoms with Crippen molar-refractivity contribution in [1.29, 1.82) is 0 Å². The fraction of sp³-hybridized carbons (Fsp3) is 0.455. The van der Waals surface area contributed by atoms with Gasteiger partial charge in [0.2, 0.25) is 10.0 Å². The van der Waals surface area contributed by atoms with Gasteiger partial charge < -0.3 is 4.74 Å². The molecule has 1 aliphatic heterocycles. The van der Waals surface area contributed by atoms with Gasteiger partial charge >= 0.3 is 0 Å². The van der Waals surface area contributed by atoms with Gasteiger partial charge in [-0.15, -0.1) is 0 Å². The predicted molar refractivity (Wildman–Crippen MR) is 77.6 cm³/mol. The van der Waals surface area contributed by atoms with Gasteiger partial charge in [0.25, 0.3) is 0 Å². The highest BCUT2D eigenvalue weighted by atomic mass is 35.5. The number of methoxy groups -OCH3 is 1. The Balaban J connectivity index is 2.19. The summed E-state index contributed by atoms with van der Waals surface area (Å²) in [4.78, 5) is 0. The second-order valence-corrected chi connectivity index (χ2v) is 9.12. The fourth-order valence-corrected chi connectivity index (χ4v) is 6.32. The summed E-state index contributed by atoms with van der Waals surface area (Å²) < 4.78 is 54.2. The highest BCUT2D eigenvalue weighted by molar-refractivity contribution is 7.97. The maximum absolute atomic E-state index is 12.1. The zero-order valence-electron chi connectivity index (χ0n) is 10.7. The molecule has 112 valence electrons. The van der Waals surface area contributed by atoms with Crippen LogP contribution in [-0.2, 0) is 19.9 Å². The van der Waals surface area contributed by atoms with Crippen LogP contribution in [0.3, 0.4) is 0 Å². The topological polar surface area (TPSA) is 89.5 Å². The molecule has 0 saturated carbocycles. The van der Waals surface area contributed by atoms with Gasteiger partial charge in [0.15, 0.2) is 9.84 Å². The highest BCUT2D eigenvalue weighted by Gasteiger charge is 2.37. The van der Waals surface area contributed by atoms with E-state index in [-0.39, 0.29) is 28.6 Å². The minimum Gasteiger partial charge on any atom is -0.495 e. The average Bonchev–Trinajstić information content (AvgIpc) is 2.70. The molecule has 9 heteroatoms. The van der Waals surface area contributed by atoms with Crippen molar-refractivity contribution >= 4 is 37.1 Å². The number of rotatable bonds is 4. The van der Waals surface area contributed by atoms with Crippen molar-refractivity contribution < 1.29 is 21.6 Å². The minimum absolute atomic E-state index is 0.0953. The molecule has 0 amide bonds. The Morgan fingerprint density at radius 2 is 2.10 bits per heavy atom. The SMILES string of the molecule is COc1ccc(NS(=O)(=O)[C@H]2CCS(=O)(=O)C2)cc1Cl. The molecule has 0 radical (unpaired) electrons. The van der Waals surface area contributed by atoms with E-state index in [2.05, 4.69) is 4.72 Å². The highest BCUT2D eigenvalue weighted by Crippen LogP contribution is 2.29. The van der Waals surface area contributed by atoms with Gasteiger partial charge in [-0.1, -0.05) is 11.6 Å². The summed E-state index contributed by atoms with van der Waals surface area (Å²) in [5, 5.41) is -0.653. The van der Waals surface area contributed by atoms with Crippen molar-refractivity contribution in [2.24, 2.45) is 0 Å². The fourth-order valence-electron chi connectivity index (χ4n) is 1.98. The summed E-state index contributed by atoms with van der Waals surface area (Å²) in [5.74, 6) is -0.00759. The Kier molecular flexibility index (Phi) is 4.17. The van der Waals surface area contributed by atoms with E-state index in [1.54, 1.807) is 0 Å². The van der Waals surface area contributed by atoms with Crippen LogP contribution >= 0.6 is 11.6 Å². The molecular weight excluding hydrogens is 326 g/mol. The zero-order valence-corrected chi connectivity index (χ0v) is 13.1. The number of hydrogen-bond donors (Lipinski definition) is 1. The lowest BCUT2D eigenvalue weighted by molar-refractivity contribution is 0.415. The molecule has 1 aromatic rings. The standard InChI is InChI=1S/C11H14ClNO5S2/c1-18-11-3-2-8(6-10(11)12)13-20(16,17)9-4-5-19(14,15)7-9/h2-3,6,9,13H,4-5,7H2,1H3/t9-/m0/s1. The van der Waals surface area contributed by atoms with Crippen LogP contribution in [-0.4, -0.2) is 40.7 Å². The lowest BCUT2D eigenvalue weighted by Crippen LogP contribution is -2.28. The van der Waals surface area contributed by atoms with Crippen molar-refractivity contribution in [2.45, 2.75) is 11.7 Å². The third kappa shape index (κ3) is 3.36. The second kappa shape index (κ2) is 5.42. The van der Waals surface area contributed by atoms with Gasteiger partial charge in [0, 0.05) is 0 Å². The van der Waals surface area contributed by atoms with Crippen molar-refractivity contribution in [3.63, 3.8) is 0 Å². The van der Waals surface area contributed by atoms with E-state index in [1.807, 2.05) is 0 Å². The maximum atomic E-state index is 12.1. The van der Waals surface area contributed by atoms with E-state index in [4.69, 9.17) is 16.3 Å². The number of benzene rings is 1. The molecule has 1 N–H and O–H groups in total. The van der Waals surface area contributed by atoms with Gasteiger partial charge in [-0.05, 0) is 24.6 Å². The van der Waals surface area contributed by atoms with Crippen LogP contribution in [0.25, 0.3) is 0 Å². The molecule has 2 rings (SSSR count). The predicted octanol–water partition coefficient (Wildman–Crippen LogP) is 1.28. The number of anilines is 1. The van der Waals surface area contributed by atoms with Crippen molar-refractivity contribution in [2.75, 3.05) is 23.3 Å². The summed E-state index contributed by atoms with van der Waals surface area (Å²) in [6.07, 6.45) is 0.113. The normalized spacial score (nSPS) is 21.6. The Morgan fingerprint density at radius 3 is 2.60 bits per heavy atom. The van der Waals surface area contributed by atoms with Crippen molar-refractivity contribution in [3.8, 4) is 5.75 Å². The Bertz CT molecular complexity index is 714. The van der Waals surface area contributed by atoms with Gasteiger partial charge in [-0.3, -0.25) is 4.72 Å². The van der Waals surface area contributed by atoms with E-state index in [0.717, 1.165) is 0 Å². The van der Waals surface area contributed by atoms with Crippen LogP contribution in [0.5, 0.6) is 5.75 Å². The second-order valence-electron chi connectivity index (χ2n) is 4.52. The summed E-state index contributed by atoms with van der Waals surface area (Å²) in [7, 11) is -5.55. The molecule has 6 nitrogen and oxygen atoms in total. The van der Waals surface area contributed by atoms with Gasteiger partial charge in [0.1, 0.15) is 5.75 Å². The van der Waals surface area contributed by atoms with E-state index >= 15 is 0 Å². The molecule has 1 fully saturated rings. The molecule has 1 atom stereocenters. The average molecular weight is 340 g/mol. The molecule has 20 heavy (non-hydrogen) atoms. The van der Waals surface area contributed by atoms with Crippen LogP contribution in [0.4, 0.5) is 5.69 Å². The molecular formula is C11H14ClNO5S2. The van der Waals surface area contributed by atoms with E-state index in [0.29, 0.717) is 5.75 Å². The Hall–Kier alpha value is -0.990. The van der Waals surface area contributed by atoms with Crippen LogP contribution in [0, 0.1) is 0 Å². The summed E-state index contributed by atoms with van der Waals surface area (Å²) in [6.45, 7) is 0. The van der Waals surface area contributed by atoms with Crippen LogP contribution < -0.4 is 9.46 Å². The van der Waals surface area contributed by atoms with Gasteiger partial charge in [-0.25, -0.2) is 16.8 Å². The number of ether oxygens (including phenoxy) is 1. The van der Waals surface area contributed by atoms with E-state index in [1.165, 1.54) is 25.3 Å². The van der Waals surface area contributed by atoms with Crippen LogP contribution in [0.2, 0.25) is 5.02 Å². The monoisotopic (exact) mass is 339 g/mol. The maximum Gasteiger partial charge on any atom is 0.236 e. The largest absolute Gasteiger partial charge is 0.495 e. The van der Waals surface area contributed by atoms with Crippen molar-refractivity contribution in [3.05, 3.63) is 23.2 Å². The van der Waals surface area contributed by atoms with Gasteiger partial charge in [0.05, 0.1) is 34.6 Å². The minimum atomic E-state index is -3.75. The number of halogens is 1.